The van der Waals surface area contributed by atoms with Crippen LogP contribution in [0.3, 0.4) is 0 Å². The van der Waals surface area contributed by atoms with Gasteiger partial charge in [-0.1, -0.05) is 6.07 Å². The molecule has 30 heavy (non-hydrogen) atoms. The number of thiophene rings is 1. The first-order valence-electron chi connectivity index (χ1n) is 9.73. The zero-order chi connectivity index (χ0) is 20.9. The summed E-state index contributed by atoms with van der Waals surface area (Å²) < 4.78 is 1.61. The average Bonchev–Trinajstić information content (AvgIpc) is 3.42. The number of pyridine rings is 1. The number of hydrogen-bond acceptors (Lipinski definition) is 6. The first-order chi connectivity index (χ1) is 14.6. The maximum atomic E-state index is 12.6. The third kappa shape index (κ3) is 4.28. The molecule has 0 unspecified atom stereocenters. The van der Waals surface area contributed by atoms with Gasteiger partial charge in [-0.3, -0.25) is 9.78 Å². The van der Waals surface area contributed by atoms with Crippen LogP contribution in [0.2, 0.25) is 0 Å². The maximum Gasteiger partial charge on any atom is 0.254 e. The van der Waals surface area contributed by atoms with Crippen LogP contribution in [-0.2, 0) is 6.42 Å². The molecule has 0 aliphatic carbocycles. The lowest BCUT2D eigenvalue weighted by Crippen LogP contribution is -2.25. The standard InChI is InChI=1S/C22H22N6OS/c1-15-13-25-22(27-20(15)19-6-4-12-30-19)28-16(2)18(14-26-28)21(29)24-9-3-5-17-7-10-23-11-8-17/h4,6-8,10-14H,3,5,9H2,1-2H3,(H,24,29). The second-order valence-corrected chi connectivity index (χ2v) is 7.90. The third-order valence-electron chi connectivity index (χ3n) is 4.83. The SMILES string of the molecule is Cc1cnc(-n2ncc(C(=O)NCCCc3ccncc3)c2C)nc1-c1cccs1. The Hall–Kier alpha value is -3.39. The number of aryl methyl sites for hydroxylation is 2. The molecule has 4 heterocycles. The second kappa shape index (κ2) is 8.96. The molecule has 0 spiro atoms. The van der Waals surface area contributed by atoms with Gasteiger partial charge in [0.2, 0.25) is 0 Å². The molecule has 0 bridgehead atoms. The van der Waals surface area contributed by atoms with Crippen molar-refractivity contribution in [1.29, 1.82) is 0 Å². The van der Waals surface area contributed by atoms with Crippen LogP contribution in [0.25, 0.3) is 16.5 Å². The normalized spacial score (nSPS) is 10.9. The zero-order valence-electron chi connectivity index (χ0n) is 16.9. The van der Waals surface area contributed by atoms with Gasteiger partial charge in [0.05, 0.1) is 28.0 Å². The Bertz CT molecular complexity index is 1140. The number of amides is 1. The van der Waals surface area contributed by atoms with Crippen molar-refractivity contribution in [1.82, 2.24) is 30.0 Å². The molecule has 0 radical (unpaired) electrons. The van der Waals surface area contributed by atoms with E-state index in [0.29, 0.717) is 23.8 Å². The Balaban J connectivity index is 1.45. The van der Waals surface area contributed by atoms with Crippen molar-refractivity contribution in [2.45, 2.75) is 26.7 Å². The van der Waals surface area contributed by atoms with Gasteiger partial charge >= 0.3 is 0 Å². The molecule has 0 aliphatic rings. The van der Waals surface area contributed by atoms with Crippen LogP contribution in [0.5, 0.6) is 0 Å². The van der Waals surface area contributed by atoms with Gasteiger partial charge in [-0.15, -0.1) is 11.3 Å². The summed E-state index contributed by atoms with van der Waals surface area (Å²) in [4.78, 5) is 26.8. The molecular formula is C22H22N6OS. The topological polar surface area (TPSA) is 85.6 Å². The molecule has 152 valence electrons. The molecule has 0 atom stereocenters. The molecule has 0 saturated carbocycles. The molecule has 8 heteroatoms. The van der Waals surface area contributed by atoms with Gasteiger partial charge in [-0.05, 0) is 61.4 Å². The lowest BCUT2D eigenvalue weighted by Gasteiger charge is -2.08. The highest BCUT2D eigenvalue weighted by molar-refractivity contribution is 7.13. The molecule has 4 aromatic heterocycles. The quantitative estimate of drug-likeness (QED) is 0.462. The van der Waals surface area contributed by atoms with E-state index in [4.69, 9.17) is 4.98 Å². The van der Waals surface area contributed by atoms with Crippen LogP contribution in [0.4, 0.5) is 0 Å². The van der Waals surface area contributed by atoms with Gasteiger partial charge < -0.3 is 5.32 Å². The minimum absolute atomic E-state index is 0.140. The van der Waals surface area contributed by atoms with E-state index in [1.165, 1.54) is 5.56 Å². The molecule has 0 saturated heterocycles. The molecule has 0 aliphatic heterocycles. The highest BCUT2D eigenvalue weighted by atomic mass is 32.1. The fraction of sp³-hybridized carbons (Fsp3) is 0.227. The molecule has 1 amide bonds. The number of nitrogens with zero attached hydrogens (tertiary/aromatic N) is 5. The van der Waals surface area contributed by atoms with E-state index in [9.17, 15) is 4.79 Å². The van der Waals surface area contributed by atoms with Crippen molar-refractivity contribution in [3.63, 3.8) is 0 Å². The fourth-order valence-corrected chi connectivity index (χ4v) is 3.95. The third-order valence-corrected chi connectivity index (χ3v) is 5.71. The van der Waals surface area contributed by atoms with Crippen LogP contribution in [0.1, 0.15) is 33.6 Å². The van der Waals surface area contributed by atoms with E-state index < -0.39 is 0 Å². The molecule has 1 N–H and O–H groups in total. The van der Waals surface area contributed by atoms with E-state index in [0.717, 1.165) is 29.0 Å². The summed E-state index contributed by atoms with van der Waals surface area (Å²) >= 11 is 1.63. The van der Waals surface area contributed by atoms with Gasteiger partial charge in [0.15, 0.2) is 0 Å². The van der Waals surface area contributed by atoms with E-state index in [1.807, 2.05) is 43.5 Å². The molecule has 0 aromatic carbocycles. The Kier molecular flexibility index (Phi) is 5.94. The largest absolute Gasteiger partial charge is 0.352 e. The van der Waals surface area contributed by atoms with Gasteiger partial charge in [-0.25, -0.2) is 14.6 Å². The Morgan fingerprint density at radius 3 is 2.77 bits per heavy atom. The number of carbonyl (C=O) groups excluding carboxylic acids is 1. The van der Waals surface area contributed by atoms with Crippen LogP contribution in [0.15, 0.2) is 54.4 Å². The van der Waals surface area contributed by atoms with Crippen molar-refractivity contribution in [2.75, 3.05) is 6.54 Å². The molecule has 4 rings (SSSR count). The molecule has 4 aromatic rings. The van der Waals surface area contributed by atoms with E-state index in [2.05, 4.69) is 20.4 Å². The summed E-state index contributed by atoms with van der Waals surface area (Å²) in [7, 11) is 0. The van der Waals surface area contributed by atoms with E-state index in [1.54, 1.807) is 40.8 Å². The monoisotopic (exact) mass is 418 g/mol. The first kappa shape index (κ1) is 19.9. The van der Waals surface area contributed by atoms with E-state index in [-0.39, 0.29) is 5.91 Å². The summed E-state index contributed by atoms with van der Waals surface area (Å²) in [6.45, 7) is 4.43. The fourth-order valence-electron chi connectivity index (χ4n) is 3.17. The number of rotatable bonds is 7. The zero-order valence-corrected chi connectivity index (χ0v) is 17.7. The van der Waals surface area contributed by atoms with Crippen LogP contribution >= 0.6 is 11.3 Å². The van der Waals surface area contributed by atoms with Gasteiger partial charge in [0.1, 0.15) is 0 Å². The Morgan fingerprint density at radius 1 is 1.17 bits per heavy atom. The number of hydrogen-bond donors (Lipinski definition) is 1. The summed E-state index contributed by atoms with van der Waals surface area (Å²) in [5.74, 6) is 0.317. The number of aromatic nitrogens is 5. The van der Waals surface area contributed by atoms with Gasteiger partial charge in [-0.2, -0.15) is 5.10 Å². The Labute approximate surface area is 178 Å². The molecule has 0 fully saturated rings. The summed E-state index contributed by atoms with van der Waals surface area (Å²) in [5.41, 5.74) is 4.33. The van der Waals surface area contributed by atoms with Crippen LogP contribution in [-0.4, -0.2) is 37.2 Å². The summed E-state index contributed by atoms with van der Waals surface area (Å²) in [5, 5.41) is 9.35. The summed E-state index contributed by atoms with van der Waals surface area (Å²) in [6, 6.07) is 8.01. The minimum atomic E-state index is -0.140. The smallest absolute Gasteiger partial charge is 0.254 e. The van der Waals surface area contributed by atoms with Crippen molar-refractivity contribution in [2.24, 2.45) is 0 Å². The predicted molar refractivity (Wildman–Crippen MR) is 117 cm³/mol. The van der Waals surface area contributed by atoms with Gasteiger partial charge in [0, 0.05) is 25.1 Å². The van der Waals surface area contributed by atoms with Gasteiger partial charge in [0.25, 0.3) is 11.9 Å². The Morgan fingerprint density at radius 2 is 2.00 bits per heavy atom. The van der Waals surface area contributed by atoms with Crippen molar-refractivity contribution < 1.29 is 4.79 Å². The second-order valence-electron chi connectivity index (χ2n) is 6.95. The molecular weight excluding hydrogens is 396 g/mol. The highest BCUT2D eigenvalue weighted by Crippen LogP contribution is 2.26. The average molecular weight is 419 g/mol. The van der Waals surface area contributed by atoms with Crippen molar-refractivity contribution in [3.05, 3.63) is 76.8 Å². The highest BCUT2D eigenvalue weighted by Gasteiger charge is 2.17. The first-order valence-corrected chi connectivity index (χ1v) is 10.6. The summed E-state index contributed by atoms with van der Waals surface area (Å²) in [6.07, 6.45) is 8.67. The molecule has 7 nitrogen and oxygen atoms in total. The number of carbonyl (C=O) groups is 1. The van der Waals surface area contributed by atoms with Crippen LogP contribution in [0, 0.1) is 13.8 Å². The number of nitrogens with one attached hydrogen (secondary N) is 1. The lowest BCUT2D eigenvalue weighted by molar-refractivity contribution is 0.0952. The van der Waals surface area contributed by atoms with E-state index >= 15 is 0 Å². The van der Waals surface area contributed by atoms with Crippen molar-refractivity contribution >= 4 is 17.2 Å². The minimum Gasteiger partial charge on any atom is -0.352 e. The van der Waals surface area contributed by atoms with Crippen LogP contribution < -0.4 is 5.32 Å². The maximum absolute atomic E-state index is 12.6. The lowest BCUT2D eigenvalue weighted by atomic mass is 10.1. The van der Waals surface area contributed by atoms with Crippen molar-refractivity contribution in [3.8, 4) is 16.5 Å². The predicted octanol–water partition coefficient (Wildman–Crippen LogP) is 3.77.